The topological polar surface area (TPSA) is 29.5 Å². The summed E-state index contributed by atoms with van der Waals surface area (Å²) in [6, 6.07) is 0.349. The largest absolute Gasteiger partial charge is 0.381 e. The number of rotatable bonds is 3. The van der Waals surface area contributed by atoms with Crippen LogP contribution >= 0.6 is 0 Å². The van der Waals surface area contributed by atoms with Crippen LogP contribution in [0.5, 0.6) is 0 Å². The maximum atomic E-state index is 11.5. The molecule has 1 saturated heterocycles. The van der Waals surface area contributed by atoms with Crippen molar-refractivity contribution in [1.29, 1.82) is 0 Å². The molecule has 3 nitrogen and oxygen atoms in total. The highest BCUT2D eigenvalue weighted by Crippen LogP contribution is 2.33. The third kappa shape index (κ3) is 1.57. The summed E-state index contributed by atoms with van der Waals surface area (Å²) in [6.45, 7) is 6.25. The molecule has 0 bridgehead atoms. The highest BCUT2D eigenvalue weighted by atomic mass is 16.5. The monoisotopic (exact) mass is 185 g/mol. The molecule has 3 unspecified atom stereocenters. The molecule has 0 spiro atoms. The number of ether oxygens (including phenoxy) is 1. The number of carbonyl (C=O) groups excluding carboxylic acids is 1. The Hall–Kier alpha value is -0.570. The molecule has 0 aromatic carbocycles. The first kappa shape index (κ1) is 10.5. The van der Waals surface area contributed by atoms with Gasteiger partial charge >= 0.3 is 0 Å². The first-order chi connectivity index (χ1) is 6.00. The quantitative estimate of drug-likeness (QED) is 0.617. The summed E-state index contributed by atoms with van der Waals surface area (Å²) >= 11 is 0. The van der Waals surface area contributed by atoms with Crippen LogP contribution in [0.4, 0.5) is 0 Å². The van der Waals surface area contributed by atoms with Gasteiger partial charge in [0.05, 0.1) is 12.0 Å². The number of β-lactam (4-membered cyclic amide) rings is 1. The molecule has 0 aromatic rings. The second kappa shape index (κ2) is 3.66. The van der Waals surface area contributed by atoms with Crippen LogP contribution in [0.2, 0.25) is 0 Å². The van der Waals surface area contributed by atoms with Crippen LogP contribution in [0.15, 0.2) is 0 Å². The Labute approximate surface area is 80.1 Å². The van der Waals surface area contributed by atoms with E-state index in [1.807, 2.05) is 18.9 Å². The average Bonchev–Trinajstić information content (AvgIpc) is 2.10. The Morgan fingerprint density at radius 2 is 1.92 bits per heavy atom. The highest BCUT2D eigenvalue weighted by molar-refractivity contribution is 5.86. The van der Waals surface area contributed by atoms with Gasteiger partial charge in [-0.2, -0.15) is 0 Å². The van der Waals surface area contributed by atoms with Crippen LogP contribution < -0.4 is 0 Å². The molecule has 1 fully saturated rings. The summed E-state index contributed by atoms with van der Waals surface area (Å²) in [6.07, 6.45) is 0.0381. The summed E-state index contributed by atoms with van der Waals surface area (Å²) in [5.41, 5.74) is 0. The lowest BCUT2D eigenvalue weighted by atomic mass is 9.78. The van der Waals surface area contributed by atoms with Crippen molar-refractivity contribution in [3.63, 3.8) is 0 Å². The van der Waals surface area contributed by atoms with Gasteiger partial charge in [0, 0.05) is 20.2 Å². The minimum Gasteiger partial charge on any atom is -0.381 e. The van der Waals surface area contributed by atoms with Crippen molar-refractivity contribution in [3.05, 3.63) is 0 Å². The molecular formula is C10H19NO2. The lowest BCUT2D eigenvalue weighted by Crippen LogP contribution is -2.64. The minimum atomic E-state index is 0.0381. The lowest BCUT2D eigenvalue weighted by Gasteiger charge is -2.49. The zero-order valence-electron chi connectivity index (χ0n) is 9.07. The smallest absolute Gasteiger partial charge is 0.230 e. The first-order valence-electron chi connectivity index (χ1n) is 4.80. The molecule has 3 atom stereocenters. The molecule has 3 heteroatoms. The number of carbonyl (C=O) groups is 1. The van der Waals surface area contributed by atoms with Crippen LogP contribution in [-0.4, -0.2) is 37.1 Å². The lowest BCUT2D eigenvalue weighted by molar-refractivity contribution is -0.166. The summed E-state index contributed by atoms with van der Waals surface area (Å²) in [4.78, 5) is 13.3. The zero-order valence-corrected chi connectivity index (χ0v) is 9.07. The van der Waals surface area contributed by atoms with E-state index in [0.29, 0.717) is 12.0 Å². The first-order valence-corrected chi connectivity index (χ1v) is 4.80. The van der Waals surface area contributed by atoms with E-state index in [9.17, 15) is 4.79 Å². The zero-order chi connectivity index (χ0) is 10.2. The van der Waals surface area contributed by atoms with E-state index in [2.05, 4.69) is 13.8 Å². The van der Waals surface area contributed by atoms with Gasteiger partial charge in [-0.05, 0) is 12.8 Å². The Kier molecular flexibility index (Phi) is 2.96. The van der Waals surface area contributed by atoms with Gasteiger partial charge in [0.1, 0.15) is 0 Å². The van der Waals surface area contributed by atoms with Crippen molar-refractivity contribution >= 4 is 5.91 Å². The molecule has 1 amide bonds. The van der Waals surface area contributed by atoms with Gasteiger partial charge in [0.2, 0.25) is 5.91 Å². The van der Waals surface area contributed by atoms with E-state index < -0.39 is 0 Å². The number of likely N-dealkylation sites (tertiary alicyclic amines) is 1. The average molecular weight is 185 g/mol. The Morgan fingerprint density at radius 3 is 2.31 bits per heavy atom. The number of hydrogen-bond donors (Lipinski definition) is 0. The summed E-state index contributed by atoms with van der Waals surface area (Å²) < 4.78 is 5.21. The van der Waals surface area contributed by atoms with Crippen LogP contribution in [0.3, 0.4) is 0 Å². The summed E-state index contributed by atoms with van der Waals surface area (Å²) in [5, 5.41) is 0. The fourth-order valence-corrected chi connectivity index (χ4v) is 2.17. The standard InChI is InChI=1S/C10H19NO2/c1-6(2)9-8(7(3)13-5)10(12)11(9)4/h6-9H,1-5H3. The highest BCUT2D eigenvalue weighted by Gasteiger charge is 2.49. The van der Waals surface area contributed by atoms with Crippen molar-refractivity contribution in [3.8, 4) is 0 Å². The number of methoxy groups -OCH3 is 1. The maximum absolute atomic E-state index is 11.5. The van der Waals surface area contributed by atoms with Crippen LogP contribution in [0.25, 0.3) is 0 Å². The maximum Gasteiger partial charge on any atom is 0.230 e. The summed E-state index contributed by atoms with van der Waals surface area (Å²) in [5.74, 6) is 0.786. The number of nitrogens with zero attached hydrogens (tertiary/aromatic N) is 1. The molecule has 1 heterocycles. The van der Waals surface area contributed by atoms with Gasteiger partial charge in [-0.15, -0.1) is 0 Å². The SMILES string of the molecule is COC(C)C1C(=O)N(C)C1C(C)C. The van der Waals surface area contributed by atoms with Crippen molar-refractivity contribution in [2.75, 3.05) is 14.2 Å². The van der Waals surface area contributed by atoms with Gasteiger partial charge < -0.3 is 9.64 Å². The molecule has 13 heavy (non-hydrogen) atoms. The molecule has 0 aromatic heterocycles. The normalized spacial score (nSPS) is 30.6. The van der Waals surface area contributed by atoms with Crippen LogP contribution in [-0.2, 0) is 9.53 Å². The third-order valence-corrected chi connectivity index (χ3v) is 3.01. The van der Waals surface area contributed by atoms with E-state index in [0.717, 1.165) is 0 Å². The molecule has 1 aliphatic heterocycles. The Bertz CT molecular complexity index is 203. The molecule has 0 aliphatic carbocycles. The van der Waals surface area contributed by atoms with Crippen molar-refractivity contribution in [1.82, 2.24) is 4.90 Å². The van der Waals surface area contributed by atoms with Crippen LogP contribution in [0, 0.1) is 11.8 Å². The molecule has 76 valence electrons. The fourth-order valence-electron chi connectivity index (χ4n) is 2.17. The predicted molar refractivity (Wildman–Crippen MR) is 51.4 cm³/mol. The van der Waals surface area contributed by atoms with Gasteiger partial charge in [0.15, 0.2) is 0 Å². The Balaban J connectivity index is 2.68. The molecule has 0 radical (unpaired) electrons. The van der Waals surface area contributed by atoms with Crippen molar-refractivity contribution < 1.29 is 9.53 Å². The van der Waals surface area contributed by atoms with E-state index >= 15 is 0 Å². The van der Waals surface area contributed by atoms with Gasteiger partial charge in [-0.1, -0.05) is 13.8 Å². The summed E-state index contributed by atoms with van der Waals surface area (Å²) in [7, 11) is 3.53. The van der Waals surface area contributed by atoms with Gasteiger partial charge in [0.25, 0.3) is 0 Å². The number of amides is 1. The fraction of sp³-hybridized carbons (Fsp3) is 0.900. The van der Waals surface area contributed by atoms with Gasteiger partial charge in [-0.3, -0.25) is 4.79 Å². The van der Waals surface area contributed by atoms with Gasteiger partial charge in [-0.25, -0.2) is 0 Å². The van der Waals surface area contributed by atoms with E-state index in [-0.39, 0.29) is 17.9 Å². The molecule has 0 saturated carbocycles. The second-order valence-corrected chi connectivity index (χ2v) is 4.15. The van der Waals surface area contributed by atoms with Crippen molar-refractivity contribution in [2.45, 2.75) is 32.9 Å². The number of hydrogen-bond acceptors (Lipinski definition) is 2. The second-order valence-electron chi connectivity index (χ2n) is 4.15. The van der Waals surface area contributed by atoms with Crippen LogP contribution in [0.1, 0.15) is 20.8 Å². The Morgan fingerprint density at radius 1 is 1.38 bits per heavy atom. The molecule has 0 N–H and O–H groups in total. The van der Waals surface area contributed by atoms with E-state index in [4.69, 9.17) is 4.74 Å². The minimum absolute atomic E-state index is 0.0381. The molecule has 1 aliphatic rings. The molecule has 1 rings (SSSR count). The predicted octanol–water partition coefficient (Wildman–Crippen LogP) is 1.13. The third-order valence-electron chi connectivity index (χ3n) is 3.01. The van der Waals surface area contributed by atoms with E-state index in [1.54, 1.807) is 7.11 Å². The van der Waals surface area contributed by atoms with E-state index in [1.165, 1.54) is 0 Å². The van der Waals surface area contributed by atoms with Crippen molar-refractivity contribution in [2.24, 2.45) is 11.8 Å². The molecular weight excluding hydrogens is 166 g/mol.